The molecular formula is C17H18F2N2O3S. The molecule has 134 valence electrons. The molecule has 3 aromatic rings. The molecule has 1 aromatic heterocycles. The Kier molecular flexibility index (Phi) is 4.77. The van der Waals surface area contributed by atoms with Crippen LogP contribution >= 0.6 is 0 Å². The van der Waals surface area contributed by atoms with Gasteiger partial charge in [0.25, 0.3) is 0 Å². The van der Waals surface area contributed by atoms with Crippen LogP contribution in [0.1, 0.15) is 6.42 Å². The average Bonchev–Trinajstić information content (AvgIpc) is 2.79. The summed E-state index contributed by atoms with van der Waals surface area (Å²) in [4.78, 5) is 0. The van der Waals surface area contributed by atoms with Crippen molar-refractivity contribution < 1.29 is 22.3 Å². The highest BCUT2D eigenvalue weighted by Gasteiger charge is 2.15. The van der Waals surface area contributed by atoms with Gasteiger partial charge in [-0.2, -0.15) is 0 Å². The summed E-state index contributed by atoms with van der Waals surface area (Å²) in [6, 6.07) is 8.60. The van der Waals surface area contributed by atoms with Gasteiger partial charge in [-0.25, -0.2) is 21.9 Å². The number of fused-ring (bicyclic) bond motifs is 3. The first-order chi connectivity index (χ1) is 11.7. The molecule has 1 unspecified atom stereocenters. The summed E-state index contributed by atoms with van der Waals surface area (Å²) in [6.07, 6.45) is 0.344. The second kappa shape index (κ2) is 6.70. The molecule has 0 saturated heterocycles. The molecule has 0 aliphatic rings. The number of rotatable bonds is 6. The number of aliphatic hydroxyl groups is 1. The summed E-state index contributed by atoms with van der Waals surface area (Å²) >= 11 is 0. The fraction of sp³-hybridized carbons (Fsp3) is 0.294. The van der Waals surface area contributed by atoms with Crippen LogP contribution in [-0.2, 0) is 16.6 Å². The lowest BCUT2D eigenvalue weighted by atomic mass is 10.1. The van der Waals surface area contributed by atoms with E-state index in [1.165, 1.54) is 24.3 Å². The lowest BCUT2D eigenvalue weighted by molar-refractivity contribution is 0.148. The number of halogens is 2. The van der Waals surface area contributed by atoms with Crippen LogP contribution in [0.25, 0.3) is 21.8 Å². The van der Waals surface area contributed by atoms with Gasteiger partial charge in [-0.1, -0.05) is 0 Å². The summed E-state index contributed by atoms with van der Waals surface area (Å²) < 4.78 is 53.4. The second-order valence-electron chi connectivity index (χ2n) is 6.04. The first-order valence-electron chi connectivity index (χ1n) is 7.74. The van der Waals surface area contributed by atoms with E-state index < -0.39 is 27.8 Å². The van der Waals surface area contributed by atoms with Crippen molar-refractivity contribution in [1.29, 1.82) is 0 Å². The Balaban J connectivity index is 1.95. The maximum Gasteiger partial charge on any atom is 0.208 e. The van der Waals surface area contributed by atoms with Gasteiger partial charge in [-0.3, -0.25) is 0 Å². The first-order valence-corrected chi connectivity index (χ1v) is 9.63. The number of aromatic nitrogens is 1. The van der Waals surface area contributed by atoms with Crippen molar-refractivity contribution >= 4 is 31.8 Å². The Bertz CT molecular complexity index is 972. The number of hydrogen-bond donors (Lipinski definition) is 2. The van der Waals surface area contributed by atoms with Crippen LogP contribution in [0.15, 0.2) is 36.4 Å². The highest BCUT2D eigenvalue weighted by Crippen LogP contribution is 2.30. The quantitative estimate of drug-likeness (QED) is 0.702. The Morgan fingerprint density at radius 3 is 2.08 bits per heavy atom. The van der Waals surface area contributed by atoms with Gasteiger partial charge in [0.05, 0.1) is 23.4 Å². The minimum atomic E-state index is -3.33. The molecule has 0 saturated carbocycles. The van der Waals surface area contributed by atoms with Crippen molar-refractivity contribution in [3.63, 3.8) is 0 Å². The van der Waals surface area contributed by atoms with Crippen LogP contribution in [0.2, 0.25) is 0 Å². The maximum atomic E-state index is 13.7. The monoisotopic (exact) mass is 368 g/mol. The van der Waals surface area contributed by atoms with Crippen molar-refractivity contribution in [3.8, 4) is 0 Å². The number of benzene rings is 2. The minimum Gasteiger partial charge on any atom is -0.391 e. The maximum absolute atomic E-state index is 13.7. The molecule has 25 heavy (non-hydrogen) atoms. The molecule has 5 nitrogen and oxygen atoms in total. The number of nitrogens with one attached hydrogen (secondary N) is 1. The molecule has 0 spiro atoms. The SMILES string of the molecule is CS(=O)(=O)NCCC(O)Cn1c2cc(F)ccc2c2ccc(F)cc21. The summed E-state index contributed by atoms with van der Waals surface area (Å²) in [5, 5.41) is 11.8. The third-order valence-corrected chi connectivity index (χ3v) is 4.75. The molecule has 2 aromatic carbocycles. The molecule has 8 heteroatoms. The van der Waals surface area contributed by atoms with Crippen molar-refractivity contribution in [3.05, 3.63) is 48.0 Å². The van der Waals surface area contributed by atoms with Crippen LogP contribution in [0.5, 0.6) is 0 Å². The Hall–Kier alpha value is -2.03. The Labute approximate surface area is 143 Å². The predicted molar refractivity (Wildman–Crippen MR) is 92.8 cm³/mol. The highest BCUT2D eigenvalue weighted by molar-refractivity contribution is 7.88. The normalized spacial score (nSPS) is 13.6. The van der Waals surface area contributed by atoms with E-state index >= 15 is 0 Å². The topological polar surface area (TPSA) is 71.3 Å². The van der Waals surface area contributed by atoms with Gasteiger partial charge < -0.3 is 9.67 Å². The zero-order chi connectivity index (χ0) is 18.2. The molecule has 0 fully saturated rings. The molecule has 0 bridgehead atoms. The summed E-state index contributed by atoms with van der Waals surface area (Å²) in [6.45, 7) is 0.179. The van der Waals surface area contributed by atoms with E-state index in [-0.39, 0.29) is 19.5 Å². The van der Waals surface area contributed by atoms with Crippen molar-refractivity contribution in [2.24, 2.45) is 0 Å². The van der Waals surface area contributed by atoms with Gasteiger partial charge in [0.15, 0.2) is 0 Å². The van der Waals surface area contributed by atoms with Gasteiger partial charge in [-0.15, -0.1) is 0 Å². The van der Waals surface area contributed by atoms with E-state index in [1.807, 2.05) is 0 Å². The molecule has 1 heterocycles. The minimum absolute atomic E-state index is 0.0832. The second-order valence-corrected chi connectivity index (χ2v) is 7.88. The van der Waals surface area contributed by atoms with E-state index in [9.17, 15) is 22.3 Å². The van der Waals surface area contributed by atoms with Gasteiger partial charge in [0.2, 0.25) is 10.0 Å². The number of hydrogen-bond acceptors (Lipinski definition) is 3. The molecule has 0 radical (unpaired) electrons. The smallest absolute Gasteiger partial charge is 0.208 e. The van der Waals surface area contributed by atoms with Crippen molar-refractivity contribution in [2.45, 2.75) is 19.1 Å². The van der Waals surface area contributed by atoms with Gasteiger partial charge >= 0.3 is 0 Å². The van der Waals surface area contributed by atoms with Crippen LogP contribution in [0.4, 0.5) is 8.78 Å². The van der Waals surface area contributed by atoms with Crippen LogP contribution in [0, 0.1) is 11.6 Å². The highest BCUT2D eigenvalue weighted by atomic mass is 32.2. The average molecular weight is 368 g/mol. The lowest BCUT2D eigenvalue weighted by Crippen LogP contribution is -2.27. The van der Waals surface area contributed by atoms with Crippen LogP contribution in [0.3, 0.4) is 0 Å². The number of aliphatic hydroxyl groups excluding tert-OH is 1. The largest absolute Gasteiger partial charge is 0.391 e. The number of nitrogens with zero attached hydrogens (tertiary/aromatic N) is 1. The third kappa shape index (κ3) is 3.97. The zero-order valence-electron chi connectivity index (χ0n) is 13.5. The Morgan fingerprint density at radius 2 is 1.60 bits per heavy atom. The Morgan fingerprint density at radius 1 is 1.08 bits per heavy atom. The van der Waals surface area contributed by atoms with Crippen LogP contribution < -0.4 is 4.72 Å². The molecule has 3 rings (SSSR count). The molecular weight excluding hydrogens is 350 g/mol. The van der Waals surface area contributed by atoms with E-state index in [1.54, 1.807) is 16.7 Å². The van der Waals surface area contributed by atoms with E-state index in [4.69, 9.17) is 0 Å². The van der Waals surface area contributed by atoms with Crippen molar-refractivity contribution in [2.75, 3.05) is 12.8 Å². The van der Waals surface area contributed by atoms with Gasteiger partial charge in [0.1, 0.15) is 11.6 Å². The molecule has 0 aliphatic heterocycles. The van der Waals surface area contributed by atoms with Gasteiger partial charge in [0, 0.05) is 23.9 Å². The predicted octanol–water partition coefficient (Wildman–Crippen LogP) is 2.37. The fourth-order valence-electron chi connectivity index (χ4n) is 2.95. The molecule has 2 N–H and O–H groups in total. The van der Waals surface area contributed by atoms with E-state index in [0.29, 0.717) is 11.0 Å². The van der Waals surface area contributed by atoms with Crippen molar-refractivity contribution in [1.82, 2.24) is 9.29 Å². The fourth-order valence-corrected chi connectivity index (χ4v) is 3.44. The molecule has 0 amide bonds. The van der Waals surface area contributed by atoms with Crippen LogP contribution in [-0.4, -0.2) is 37.0 Å². The van der Waals surface area contributed by atoms with E-state index in [2.05, 4.69) is 4.72 Å². The molecule has 0 aliphatic carbocycles. The van der Waals surface area contributed by atoms with Gasteiger partial charge in [-0.05, 0) is 42.8 Å². The summed E-state index contributed by atoms with van der Waals surface area (Å²) in [5.41, 5.74) is 1.10. The summed E-state index contributed by atoms with van der Waals surface area (Å²) in [5.74, 6) is -0.851. The zero-order valence-corrected chi connectivity index (χ0v) is 14.4. The molecule has 1 atom stereocenters. The van der Waals surface area contributed by atoms with E-state index in [0.717, 1.165) is 17.0 Å². The third-order valence-electron chi connectivity index (χ3n) is 4.03. The standard InChI is InChI=1S/C17H18F2N2O3S/c1-25(23,24)20-7-6-13(22)10-21-16-8-11(18)2-4-14(16)15-5-3-12(19)9-17(15)21/h2-5,8-9,13,20,22H,6-7,10H2,1H3. The lowest BCUT2D eigenvalue weighted by Gasteiger charge is -2.14. The number of sulfonamides is 1. The first kappa shape index (κ1) is 17.8. The summed E-state index contributed by atoms with van der Waals surface area (Å²) in [7, 11) is -3.33.